The number of rotatable bonds is 6. The van der Waals surface area contributed by atoms with E-state index in [-0.39, 0.29) is 17.9 Å². The molecule has 0 fully saturated rings. The number of nitrogens with zero attached hydrogens (tertiary/aromatic N) is 2. The minimum Gasteiger partial charge on any atom is -0.490 e. The molecule has 5 nitrogen and oxygen atoms in total. The highest BCUT2D eigenvalue weighted by molar-refractivity contribution is 6.32. The van der Waals surface area contributed by atoms with Crippen LogP contribution in [0.25, 0.3) is 6.08 Å². The van der Waals surface area contributed by atoms with E-state index in [0.717, 1.165) is 17.1 Å². The number of alkyl halides is 3. The number of hydrazone groups is 1. The normalized spacial score (nSPS) is 15.1. The second-order valence-electron chi connectivity index (χ2n) is 6.54. The van der Waals surface area contributed by atoms with Gasteiger partial charge in [0.25, 0.3) is 5.91 Å². The maximum absolute atomic E-state index is 13.0. The Balaban J connectivity index is 1.91. The number of hydrogen-bond donors (Lipinski definition) is 0. The van der Waals surface area contributed by atoms with E-state index in [1.54, 1.807) is 31.2 Å². The van der Waals surface area contributed by atoms with Crippen LogP contribution < -0.4 is 14.5 Å². The number of terminal acetylenes is 1. The third kappa shape index (κ3) is 4.89. The number of carbonyl (C=O) groups excluding carboxylic acids is 1. The number of halogens is 3. The Morgan fingerprint density at radius 1 is 1.16 bits per heavy atom. The largest absolute Gasteiger partial charge is 0.490 e. The maximum atomic E-state index is 13.0. The molecule has 0 saturated carbocycles. The highest BCUT2D eigenvalue weighted by Gasteiger charge is 2.33. The summed E-state index contributed by atoms with van der Waals surface area (Å²) in [5.41, 5.74) is 0.466. The summed E-state index contributed by atoms with van der Waals surface area (Å²) in [4.78, 5) is 12.9. The van der Waals surface area contributed by atoms with Gasteiger partial charge in [-0.2, -0.15) is 23.3 Å². The van der Waals surface area contributed by atoms with Gasteiger partial charge in [0.15, 0.2) is 11.5 Å². The van der Waals surface area contributed by atoms with E-state index < -0.39 is 17.6 Å². The van der Waals surface area contributed by atoms with Gasteiger partial charge in [-0.1, -0.05) is 18.1 Å². The molecule has 1 heterocycles. The number of hydrogen-bond acceptors (Lipinski definition) is 4. The lowest BCUT2D eigenvalue weighted by Crippen LogP contribution is -2.21. The van der Waals surface area contributed by atoms with Crippen molar-refractivity contribution < 1.29 is 27.4 Å². The molecule has 0 radical (unpaired) electrons. The van der Waals surface area contributed by atoms with Crippen molar-refractivity contribution in [2.45, 2.75) is 20.0 Å². The molecule has 0 spiro atoms. The molecular weight excluding hydrogens is 409 g/mol. The van der Waals surface area contributed by atoms with E-state index in [1.165, 1.54) is 12.1 Å². The van der Waals surface area contributed by atoms with Crippen LogP contribution in [-0.4, -0.2) is 24.8 Å². The van der Waals surface area contributed by atoms with Crippen LogP contribution in [0.15, 0.2) is 53.1 Å². The Kier molecular flexibility index (Phi) is 6.35. The summed E-state index contributed by atoms with van der Waals surface area (Å²) >= 11 is 0. The lowest BCUT2D eigenvalue weighted by molar-refractivity contribution is -0.137. The Bertz CT molecular complexity index is 1100. The fourth-order valence-corrected chi connectivity index (χ4v) is 2.96. The summed E-state index contributed by atoms with van der Waals surface area (Å²) in [6, 6.07) is 9.55. The molecule has 1 aliphatic rings. The molecule has 31 heavy (non-hydrogen) atoms. The fraction of sp³-hybridized carbons (Fsp3) is 0.217. The monoisotopic (exact) mass is 428 g/mol. The predicted molar refractivity (Wildman–Crippen MR) is 112 cm³/mol. The number of benzene rings is 2. The molecule has 2 aromatic rings. The van der Waals surface area contributed by atoms with Gasteiger partial charge in [0.05, 0.1) is 29.1 Å². The second kappa shape index (κ2) is 8.96. The van der Waals surface area contributed by atoms with Crippen molar-refractivity contribution >= 4 is 23.4 Å². The van der Waals surface area contributed by atoms with Crippen LogP contribution in [0, 0.1) is 12.3 Å². The highest BCUT2D eigenvalue weighted by atomic mass is 19.4. The van der Waals surface area contributed by atoms with Crippen LogP contribution in [0.1, 0.15) is 25.0 Å². The molecule has 0 aliphatic carbocycles. The first-order valence-electron chi connectivity index (χ1n) is 9.36. The van der Waals surface area contributed by atoms with Gasteiger partial charge in [0, 0.05) is 0 Å². The fourth-order valence-electron chi connectivity index (χ4n) is 2.96. The third-order valence-corrected chi connectivity index (χ3v) is 4.37. The molecule has 0 aromatic heterocycles. The number of anilines is 1. The van der Waals surface area contributed by atoms with Crippen LogP contribution >= 0.6 is 0 Å². The van der Waals surface area contributed by atoms with Crippen LogP contribution in [0.4, 0.5) is 18.9 Å². The lowest BCUT2D eigenvalue weighted by Gasteiger charge is -2.14. The SMILES string of the molecule is C#CCOc1ccc(/C=C2/C(=O)N(c3cccc(C(F)(F)F)c3)N=C2C)cc1OCC. The predicted octanol–water partition coefficient (Wildman–Crippen LogP) is 4.92. The summed E-state index contributed by atoms with van der Waals surface area (Å²) < 4.78 is 50.1. The minimum atomic E-state index is -4.52. The first kappa shape index (κ1) is 22.0. The molecule has 0 bridgehead atoms. The van der Waals surface area contributed by atoms with E-state index in [0.29, 0.717) is 29.4 Å². The molecule has 0 unspecified atom stereocenters. The Labute approximate surface area is 177 Å². The molecule has 1 amide bonds. The zero-order valence-electron chi connectivity index (χ0n) is 16.9. The van der Waals surface area contributed by atoms with E-state index >= 15 is 0 Å². The minimum absolute atomic E-state index is 0.0376. The van der Waals surface area contributed by atoms with Crippen molar-refractivity contribution in [3.63, 3.8) is 0 Å². The topological polar surface area (TPSA) is 51.1 Å². The quantitative estimate of drug-likeness (QED) is 0.485. The van der Waals surface area contributed by atoms with Crippen LogP contribution in [0.2, 0.25) is 0 Å². The van der Waals surface area contributed by atoms with E-state index in [9.17, 15) is 18.0 Å². The lowest BCUT2D eigenvalue weighted by atomic mass is 10.1. The maximum Gasteiger partial charge on any atom is 0.416 e. The van der Waals surface area contributed by atoms with E-state index in [2.05, 4.69) is 11.0 Å². The van der Waals surface area contributed by atoms with Gasteiger partial charge in [0.2, 0.25) is 0 Å². The molecule has 8 heteroatoms. The van der Waals surface area contributed by atoms with Crippen molar-refractivity contribution in [3.8, 4) is 23.8 Å². The van der Waals surface area contributed by atoms with Crippen molar-refractivity contribution in [1.29, 1.82) is 0 Å². The number of amides is 1. The molecule has 160 valence electrons. The molecule has 2 aromatic carbocycles. The van der Waals surface area contributed by atoms with Crippen molar-refractivity contribution in [2.75, 3.05) is 18.2 Å². The Hall–Kier alpha value is -3.73. The van der Waals surface area contributed by atoms with Crippen molar-refractivity contribution in [2.24, 2.45) is 5.10 Å². The van der Waals surface area contributed by atoms with Crippen molar-refractivity contribution in [1.82, 2.24) is 0 Å². The Morgan fingerprint density at radius 3 is 2.61 bits per heavy atom. The average molecular weight is 428 g/mol. The van der Waals surface area contributed by atoms with Gasteiger partial charge in [-0.3, -0.25) is 4.79 Å². The van der Waals surface area contributed by atoms with Gasteiger partial charge in [0.1, 0.15) is 6.61 Å². The van der Waals surface area contributed by atoms with E-state index in [4.69, 9.17) is 15.9 Å². The van der Waals surface area contributed by atoms with Gasteiger partial charge in [-0.25, -0.2) is 0 Å². The van der Waals surface area contributed by atoms with Crippen molar-refractivity contribution in [3.05, 3.63) is 59.2 Å². The van der Waals surface area contributed by atoms with Crippen LogP contribution in [0.3, 0.4) is 0 Å². The molecule has 3 rings (SSSR count). The standard InChI is InChI=1S/C23H19F3N2O3/c1-4-11-31-20-10-9-16(13-21(20)30-5-2)12-19-15(3)27-28(22(19)29)18-8-6-7-17(14-18)23(24,25)26/h1,6-10,12-14H,5,11H2,2-3H3/b19-12+. The summed E-state index contributed by atoms with van der Waals surface area (Å²) in [5, 5.41) is 5.11. The molecule has 0 N–H and O–H groups in total. The first-order chi connectivity index (χ1) is 14.7. The third-order valence-electron chi connectivity index (χ3n) is 4.37. The Morgan fingerprint density at radius 2 is 1.94 bits per heavy atom. The summed E-state index contributed by atoms with van der Waals surface area (Å²) in [6.45, 7) is 3.91. The van der Waals surface area contributed by atoms with E-state index in [1.807, 2.05) is 6.92 Å². The van der Waals surface area contributed by atoms with Gasteiger partial charge in [-0.15, -0.1) is 6.42 Å². The van der Waals surface area contributed by atoms with Crippen LogP contribution in [0.5, 0.6) is 11.5 Å². The van der Waals surface area contributed by atoms with Gasteiger partial charge >= 0.3 is 6.18 Å². The number of ether oxygens (including phenoxy) is 2. The summed E-state index contributed by atoms with van der Waals surface area (Å²) in [5.74, 6) is 2.78. The summed E-state index contributed by atoms with van der Waals surface area (Å²) in [7, 11) is 0. The first-order valence-corrected chi connectivity index (χ1v) is 9.36. The molecule has 1 aliphatic heterocycles. The average Bonchev–Trinajstić information content (AvgIpc) is 3.01. The zero-order chi connectivity index (χ0) is 22.6. The molecule has 0 atom stereocenters. The summed E-state index contributed by atoms with van der Waals surface area (Å²) in [6.07, 6.45) is 2.30. The van der Waals surface area contributed by atoms with Gasteiger partial charge < -0.3 is 9.47 Å². The number of carbonyl (C=O) groups is 1. The second-order valence-corrected chi connectivity index (χ2v) is 6.54. The highest BCUT2D eigenvalue weighted by Crippen LogP contribution is 2.34. The zero-order valence-corrected chi connectivity index (χ0v) is 16.9. The smallest absolute Gasteiger partial charge is 0.416 e. The van der Waals surface area contributed by atoms with Crippen LogP contribution in [-0.2, 0) is 11.0 Å². The molecular formula is C23H19F3N2O3. The molecule has 0 saturated heterocycles. The van der Waals surface area contributed by atoms with Gasteiger partial charge in [-0.05, 0) is 55.8 Å².